The molecule has 1 aromatic carbocycles. The maximum atomic E-state index is 12.5. The number of amides is 1. The van der Waals surface area contributed by atoms with Gasteiger partial charge in [-0.2, -0.15) is 0 Å². The van der Waals surface area contributed by atoms with E-state index in [2.05, 4.69) is 27.4 Å². The molecule has 7 nitrogen and oxygen atoms in total. The zero-order valence-electron chi connectivity index (χ0n) is 16.9. The average molecular weight is 396 g/mol. The maximum Gasteiger partial charge on any atom is 0.255 e. The highest BCUT2D eigenvalue weighted by atomic mass is 16.5. The van der Waals surface area contributed by atoms with Gasteiger partial charge >= 0.3 is 0 Å². The maximum absolute atomic E-state index is 12.5. The zero-order chi connectivity index (χ0) is 20.3. The fourth-order valence-electron chi connectivity index (χ4n) is 3.92. The topological polar surface area (TPSA) is 87.3 Å². The van der Waals surface area contributed by atoms with E-state index in [-0.39, 0.29) is 23.3 Å². The molecule has 1 saturated heterocycles. The van der Waals surface area contributed by atoms with Gasteiger partial charge in [-0.05, 0) is 31.7 Å². The largest absolute Gasteiger partial charge is 0.378 e. The van der Waals surface area contributed by atoms with Crippen molar-refractivity contribution >= 4 is 11.9 Å². The first-order valence-electron chi connectivity index (χ1n) is 10.3. The van der Waals surface area contributed by atoms with Crippen molar-refractivity contribution in [3.8, 4) is 0 Å². The molecule has 0 spiro atoms. The zero-order valence-corrected chi connectivity index (χ0v) is 16.9. The Kier molecular flexibility index (Phi) is 5.67. The minimum absolute atomic E-state index is 0.0248. The average Bonchev–Trinajstić information content (AvgIpc) is 3.54. The fourth-order valence-corrected chi connectivity index (χ4v) is 3.92. The molecule has 0 radical (unpaired) electrons. The second-order valence-electron chi connectivity index (χ2n) is 7.98. The summed E-state index contributed by atoms with van der Waals surface area (Å²) in [6.45, 7) is 5.19. The number of benzene rings is 1. The van der Waals surface area contributed by atoms with Crippen molar-refractivity contribution in [2.45, 2.75) is 38.0 Å². The van der Waals surface area contributed by atoms with Gasteiger partial charge in [-0.3, -0.25) is 14.6 Å². The van der Waals surface area contributed by atoms with Crippen molar-refractivity contribution in [3.63, 3.8) is 0 Å². The summed E-state index contributed by atoms with van der Waals surface area (Å²) in [7, 11) is 0. The summed E-state index contributed by atoms with van der Waals surface area (Å²) in [4.78, 5) is 34.4. The van der Waals surface area contributed by atoms with Crippen LogP contribution in [0, 0.1) is 6.92 Å². The van der Waals surface area contributed by atoms with Crippen molar-refractivity contribution < 1.29 is 9.53 Å². The van der Waals surface area contributed by atoms with Crippen LogP contribution in [0.4, 0.5) is 5.95 Å². The van der Waals surface area contributed by atoms with E-state index >= 15 is 0 Å². The molecule has 0 bridgehead atoms. The van der Waals surface area contributed by atoms with E-state index in [1.807, 2.05) is 30.0 Å². The number of anilines is 1. The molecule has 2 N–H and O–H groups in total. The molecular weight excluding hydrogens is 368 g/mol. The summed E-state index contributed by atoms with van der Waals surface area (Å²) < 4.78 is 5.34. The standard InChI is InChI=1S/C22H28N4O3/c1-16-18(20(28)25-21(24-16)26-11-13-29-14-12-26)7-8-19(27)23-15-22(9-10-22)17-5-3-2-4-6-17/h2-6H,7-15H2,1H3,(H,23,27)(H,24,25,28). The van der Waals surface area contributed by atoms with Crippen LogP contribution in [-0.4, -0.2) is 48.7 Å². The van der Waals surface area contributed by atoms with Gasteiger partial charge in [0.25, 0.3) is 5.56 Å². The number of morpholine rings is 1. The number of nitrogens with zero attached hydrogens (tertiary/aromatic N) is 2. The Hall–Kier alpha value is -2.67. The van der Waals surface area contributed by atoms with E-state index in [1.165, 1.54) is 5.56 Å². The summed E-state index contributed by atoms with van der Waals surface area (Å²) >= 11 is 0. The first kappa shape index (κ1) is 19.6. The molecule has 2 aromatic rings. The first-order chi connectivity index (χ1) is 14.1. The Morgan fingerprint density at radius 1 is 1.24 bits per heavy atom. The van der Waals surface area contributed by atoms with Gasteiger partial charge in [0.1, 0.15) is 0 Å². The van der Waals surface area contributed by atoms with Crippen LogP contribution < -0.4 is 15.8 Å². The molecule has 4 rings (SSSR count). The third-order valence-corrected chi connectivity index (χ3v) is 5.99. The minimum Gasteiger partial charge on any atom is -0.378 e. The quantitative estimate of drug-likeness (QED) is 0.744. The Morgan fingerprint density at radius 3 is 2.62 bits per heavy atom. The van der Waals surface area contributed by atoms with Crippen LogP contribution in [0.1, 0.15) is 36.1 Å². The van der Waals surface area contributed by atoms with E-state index in [4.69, 9.17) is 4.74 Å². The second-order valence-corrected chi connectivity index (χ2v) is 7.98. The molecule has 0 atom stereocenters. The number of carbonyl (C=O) groups is 1. The molecule has 1 aliphatic carbocycles. The van der Waals surface area contributed by atoms with Crippen LogP contribution in [0.3, 0.4) is 0 Å². The third kappa shape index (κ3) is 4.50. The summed E-state index contributed by atoms with van der Waals surface area (Å²) in [5, 5.41) is 3.06. The third-order valence-electron chi connectivity index (χ3n) is 5.99. The number of H-pyrrole nitrogens is 1. The highest BCUT2D eigenvalue weighted by Gasteiger charge is 2.44. The van der Waals surface area contributed by atoms with Crippen LogP contribution in [0.15, 0.2) is 35.1 Å². The fraction of sp³-hybridized carbons (Fsp3) is 0.500. The van der Waals surface area contributed by atoms with Crippen LogP contribution >= 0.6 is 0 Å². The van der Waals surface area contributed by atoms with Gasteiger partial charge in [-0.1, -0.05) is 30.3 Å². The van der Waals surface area contributed by atoms with Crippen molar-refractivity contribution in [2.24, 2.45) is 0 Å². The molecule has 0 unspecified atom stereocenters. The smallest absolute Gasteiger partial charge is 0.255 e. The monoisotopic (exact) mass is 396 g/mol. The Labute approximate surface area is 170 Å². The molecule has 1 aromatic heterocycles. The van der Waals surface area contributed by atoms with Gasteiger partial charge in [0.2, 0.25) is 11.9 Å². The van der Waals surface area contributed by atoms with Gasteiger partial charge in [0.05, 0.1) is 13.2 Å². The number of nitrogens with one attached hydrogen (secondary N) is 2. The van der Waals surface area contributed by atoms with Crippen molar-refractivity contribution in [2.75, 3.05) is 37.7 Å². The SMILES string of the molecule is Cc1nc(N2CCOCC2)[nH]c(=O)c1CCC(=O)NCC1(c2ccccc2)CC1. The predicted octanol–water partition coefficient (Wildman–Crippen LogP) is 1.70. The van der Waals surface area contributed by atoms with E-state index in [0.29, 0.717) is 56.5 Å². The number of hydrogen-bond acceptors (Lipinski definition) is 5. The lowest BCUT2D eigenvalue weighted by Gasteiger charge is -2.27. The van der Waals surface area contributed by atoms with E-state index in [1.54, 1.807) is 0 Å². The predicted molar refractivity (Wildman–Crippen MR) is 111 cm³/mol. The molecular formula is C22H28N4O3. The van der Waals surface area contributed by atoms with Crippen molar-refractivity contribution in [1.29, 1.82) is 0 Å². The van der Waals surface area contributed by atoms with E-state index < -0.39 is 0 Å². The van der Waals surface area contributed by atoms with Crippen molar-refractivity contribution in [3.05, 3.63) is 57.5 Å². The highest BCUT2D eigenvalue weighted by Crippen LogP contribution is 2.47. The molecule has 2 aliphatic rings. The summed E-state index contributed by atoms with van der Waals surface area (Å²) in [6.07, 6.45) is 2.88. The normalized spacial score (nSPS) is 17.8. The number of ether oxygens (including phenoxy) is 1. The Balaban J connectivity index is 1.33. The van der Waals surface area contributed by atoms with Gasteiger partial charge in [-0.25, -0.2) is 4.98 Å². The Bertz CT molecular complexity index is 915. The molecule has 1 saturated carbocycles. The number of aryl methyl sites for hydroxylation is 1. The molecule has 1 amide bonds. The highest BCUT2D eigenvalue weighted by molar-refractivity contribution is 5.76. The summed E-state index contributed by atoms with van der Waals surface area (Å²) in [6, 6.07) is 10.4. The van der Waals surface area contributed by atoms with Crippen molar-refractivity contribution in [1.82, 2.24) is 15.3 Å². The number of carbonyl (C=O) groups excluding carboxylic acids is 1. The van der Waals surface area contributed by atoms with Crippen LogP contribution in [0.25, 0.3) is 0 Å². The number of hydrogen-bond donors (Lipinski definition) is 2. The van der Waals surface area contributed by atoms with E-state index in [9.17, 15) is 9.59 Å². The van der Waals surface area contributed by atoms with Gasteiger partial charge < -0.3 is 15.0 Å². The summed E-state index contributed by atoms with van der Waals surface area (Å²) in [5.74, 6) is 0.561. The molecule has 7 heteroatoms. The van der Waals surface area contributed by atoms with Crippen LogP contribution in [0.2, 0.25) is 0 Å². The number of aromatic amines is 1. The van der Waals surface area contributed by atoms with Crippen LogP contribution in [0.5, 0.6) is 0 Å². The minimum atomic E-state index is -0.158. The number of rotatable bonds is 7. The molecule has 1 aliphatic heterocycles. The van der Waals surface area contributed by atoms with E-state index in [0.717, 1.165) is 12.8 Å². The lowest BCUT2D eigenvalue weighted by Crippen LogP contribution is -2.38. The molecule has 29 heavy (non-hydrogen) atoms. The first-order valence-corrected chi connectivity index (χ1v) is 10.3. The lowest BCUT2D eigenvalue weighted by molar-refractivity contribution is -0.121. The number of aromatic nitrogens is 2. The molecule has 2 fully saturated rings. The lowest BCUT2D eigenvalue weighted by atomic mass is 9.96. The van der Waals surface area contributed by atoms with Gasteiger partial charge in [0.15, 0.2) is 0 Å². The second kappa shape index (κ2) is 8.37. The summed E-state index contributed by atoms with van der Waals surface area (Å²) in [5.41, 5.74) is 2.49. The van der Waals surface area contributed by atoms with Crippen LogP contribution in [-0.2, 0) is 21.4 Å². The molecule has 154 valence electrons. The molecule has 2 heterocycles. The Morgan fingerprint density at radius 2 is 1.97 bits per heavy atom. The van der Waals surface area contributed by atoms with Gasteiger partial charge in [-0.15, -0.1) is 0 Å². The van der Waals surface area contributed by atoms with Gasteiger partial charge in [0, 0.05) is 42.7 Å².